The zero-order chi connectivity index (χ0) is 11.6. The average Bonchev–Trinajstić information content (AvgIpc) is 2.25. The van der Waals surface area contributed by atoms with Crippen molar-refractivity contribution in [1.82, 2.24) is 0 Å². The summed E-state index contributed by atoms with van der Waals surface area (Å²) in [7, 11) is 0. The predicted molar refractivity (Wildman–Crippen MR) is 73.3 cm³/mol. The van der Waals surface area contributed by atoms with E-state index in [0.29, 0.717) is 5.41 Å². The second kappa shape index (κ2) is 5.53. The lowest BCUT2D eigenvalue weighted by molar-refractivity contribution is -0.0963. The van der Waals surface area contributed by atoms with E-state index >= 15 is 0 Å². The predicted octanol–water partition coefficient (Wildman–Crippen LogP) is 4.32. The van der Waals surface area contributed by atoms with Crippen LogP contribution in [0.15, 0.2) is 0 Å². The molecule has 2 fully saturated rings. The van der Waals surface area contributed by atoms with E-state index in [0.717, 1.165) is 18.4 Å². The lowest BCUT2D eigenvalue weighted by Gasteiger charge is -2.45. The lowest BCUT2D eigenvalue weighted by Crippen LogP contribution is -2.37. The number of halogens is 1. The third-order valence-electron chi connectivity index (χ3n) is 4.25. The number of fused-ring (bicyclic) bond motifs is 2. The van der Waals surface area contributed by atoms with E-state index in [1.54, 1.807) is 0 Å². The Morgan fingerprint density at radius 3 is 2.50 bits per heavy atom. The summed E-state index contributed by atoms with van der Waals surface area (Å²) < 4.78 is 10.9. The van der Waals surface area contributed by atoms with Crippen molar-refractivity contribution in [2.24, 2.45) is 17.3 Å². The van der Waals surface area contributed by atoms with E-state index in [1.807, 2.05) is 29.9 Å². The molecule has 3 unspecified atom stereocenters. The van der Waals surface area contributed by atoms with Crippen LogP contribution in [-0.2, 0) is 7.80 Å². The highest BCUT2D eigenvalue weighted by atomic mass is 127. The molecule has 2 saturated carbocycles. The van der Waals surface area contributed by atoms with Crippen molar-refractivity contribution in [3.05, 3.63) is 0 Å². The average molecular weight is 338 g/mol. The molecule has 2 aliphatic rings. The van der Waals surface area contributed by atoms with Crippen LogP contribution in [0, 0.1) is 17.3 Å². The maximum absolute atomic E-state index is 5.77. The minimum absolute atomic E-state index is 0.0702. The van der Waals surface area contributed by atoms with Crippen LogP contribution in [0.2, 0.25) is 0 Å². The highest BCUT2D eigenvalue weighted by Crippen LogP contribution is 2.48. The van der Waals surface area contributed by atoms with Gasteiger partial charge in [-0.2, -0.15) is 0 Å². The first-order chi connectivity index (χ1) is 7.61. The van der Waals surface area contributed by atoms with Crippen molar-refractivity contribution in [1.29, 1.82) is 0 Å². The molecule has 3 atom stereocenters. The van der Waals surface area contributed by atoms with Gasteiger partial charge in [0.2, 0.25) is 0 Å². The Kier molecular flexibility index (Phi) is 4.52. The molecule has 0 aromatic heterocycles. The molecular formula is C13H23IO2. The van der Waals surface area contributed by atoms with Gasteiger partial charge in [0.15, 0.2) is 6.29 Å². The molecule has 94 valence electrons. The SMILES string of the molecule is CC(OI)OCC1(C)CC2CCCC(C2)C1. The van der Waals surface area contributed by atoms with Gasteiger partial charge in [0.05, 0.1) is 6.61 Å². The Balaban J connectivity index is 1.87. The fourth-order valence-electron chi connectivity index (χ4n) is 3.71. The first kappa shape index (κ1) is 13.1. The van der Waals surface area contributed by atoms with E-state index in [-0.39, 0.29) is 6.29 Å². The molecule has 0 N–H and O–H groups in total. The highest BCUT2D eigenvalue weighted by molar-refractivity contribution is 14.1. The fourth-order valence-corrected chi connectivity index (χ4v) is 3.86. The highest BCUT2D eigenvalue weighted by Gasteiger charge is 2.39. The number of hydrogen-bond acceptors (Lipinski definition) is 2. The van der Waals surface area contributed by atoms with Gasteiger partial charge in [-0.15, -0.1) is 0 Å². The van der Waals surface area contributed by atoms with E-state index in [2.05, 4.69) is 6.92 Å². The van der Waals surface area contributed by atoms with Crippen molar-refractivity contribution < 1.29 is 7.80 Å². The summed E-state index contributed by atoms with van der Waals surface area (Å²) in [4.78, 5) is 0. The van der Waals surface area contributed by atoms with Crippen molar-refractivity contribution in [3.8, 4) is 0 Å². The van der Waals surface area contributed by atoms with Crippen LogP contribution in [0.4, 0.5) is 0 Å². The van der Waals surface area contributed by atoms with Crippen LogP contribution in [0.5, 0.6) is 0 Å². The first-order valence-electron chi connectivity index (χ1n) is 6.50. The van der Waals surface area contributed by atoms with Crippen molar-refractivity contribution in [2.45, 2.75) is 58.7 Å². The first-order valence-corrected chi connectivity index (χ1v) is 7.38. The van der Waals surface area contributed by atoms with E-state index < -0.39 is 0 Å². The molecule has 2 rings (SSSR count). The summed E-state index contributed by atoms with van der Waals surface area (Å²) in [6.45, 7) is 5.24. The Labute approximate surface area is 113 Å². The molecule has 0 saturated heterocycles. The fraction of sp³-hybridized carbons (Fsp3) is 1.00. The molecule has 16 heavy (non-hydrogen) atoms. The molecule has 0 aromatic rings. The maximum atomic E-state index is 5.77. The number of rotatable bonds is 4. The van der Waals surface area contributed by atoms with Gasteiger partial charge < -0.3 is 4.74 Å². The van der Waals surface area contributed by atoms with Crippen LogP contribution in [0.1, 0.15) is 52.4 Å². The normalized spacial score (nSPS) is 40.7. The molecular weight excluding hydrogens is 315 g/mol. The lowest BCUT2D eigenvalue weighted by atomic mass is 9.62. The molecule has 2 nitrogen and oxygen atoms in total. The van der Waals surface area contributed by atoms with Crippen LogP contribution >= 0.6 is 23.0 Å². The van der Waals surface area contributed by atoms with Gasteiger partial charge in [0.1, 0.15) is 23.0 Å². The third-order valence-corrected chi connectivity index (χ3v) is 4.96. The zero-order valence-corrected chi connectivity index (χ0v) is 12.5. The monoisotopic (exact) mass is 338 g/mol. The second-order valence-corrected chi connectivity index (χ2v) is 6.59. The molecule has 0 heterocycles. The van der Waals surface area contributed by atoms with Crippen LogP contribution in [0.25, 0.3) is 0 Å². The van der Waals surface area contributed by atoms with Gasteiger partial charge in [0.25, 0.3) is 0 Å². The number of hydrogen-bond donors (Lipinski definition) is 0. The van der Waals surface area contributed by atoms with Crippen LogP contribution in [0.3, 0.4) is 0 Å². The Morgan fingerprint density at radius 1 is 1.31 bits per heavy atom. The molecule has 0 spiro atoms. The Hall–Kier alpha value is 0.650. The van der Waals surface area contributed by atoms with E-state index in [9.17, 15) is 0 Å². The standard InChI is InChI=1S/C13H23IO2/c1-10(16-14)15-9-13(2)7-11-4-3-5-12(6-11)8-13/h10-12H,3-9H2,1-2H3. The zero-order valence-electron chi connectivity index (χ0n) is 10.4. The topological polar surface area (TPSA) is 18.5 Å². The molecule has 0 aromatic carbocycles. The van der Waals surface area contributed by atoms with Crippen LogP contribution < -0.4 is 0 Å². The molecule has 3 heteroatoms. The Morgan fingerprint density at radius 2 is 1.94 bits per heavy atom. The minimum Gasteiger partial charge on any atom is -0.352 e. The minimum atomic E-state index is -0.0702. The largest absolute Gasteiger partial charge is 0.352 e. The van der Waals surface area contributed by atoms with Gasteiger partial charge in [-0.25, -0.2) is 0 Å². The quantitative estimate of drug-likeness (QED) is 0.561. The van der Waals surface area contributed by atoms with Gasteiger partial charge >= 0.3 is 0 Å². The molecule has 2 aliphatic carbocycles. The van der Waals surface area contributed by atoms with Crippen LogP contribution in [-0.4, -0.2) is 12.9 Å². The molecule has 0 aliphatic heterocycles. The van der Waals surface area contributed by atoms with E-state index in [1.165, 1.54) is 38.5 Å². The number of ether oxygens (including phenoxy) is 1. The summed E-state index contributed by atoms with van der Waals surface area (Å²) in [5, 5.41) is 0. The van der Waals surface area contributed by atoms with Gasteiger partial charge in [-0.1, -0.05) is 26.2 Å². The summed E-state index contributed by atoms with van der Waals surface area (Å²) >= 11 is 1.91. The van der Waals surface area contributed by atoms with Crippen molar-refractivity contribution >= 4 is 23.0 Å². The molecule has 0 amide bonds. The van der Waals surface area contributed by atoms with Gasteiger partial charge in [-0.05, 0) is 43.4 Å². The summed E-state index contributed by atoms with van der Waals surface area (Å²) in [5.41, 5.74) is 0.400. The summed E-state index contributed by atoms with van der Waals surface area (Å²) in [6.07, 6.45) is 8.48. The van der Waals surface area contributed by atoms with Crippen molar-refractivity contribution in [2.75, 3.05) is 6.61 Å². The maximum Gasteiger partial charge on any atom is 0.166 e. The van der Waals surface area contributed by atoms with Crippen molar-refractivity contribution in [3.63, 3.8) is 0 Å². The molecule has 2 bridgehead atoms. The summed E-state index contributed by atoms with van der Waals surface area (Å²) in [6, 6.07) is 0. The second-order valence-electron chi connectivity index (χ2n) is 6.09. The summed E-state index contributed by atoms with van der Waals surface area (Å²) in [5.74, 6) is 1.94. The third kappa shape index (κ3) is 3.33. The van der Waals surface area contributed by atoms with Gasteiger partial charge in [-0.3, -0.25) is 3.07 Å². The van der Waals surface area contributed by atoms with E-state index in [4.69, 9.17) is 7.80 Å². The Bertz CT molecular complexity index is 220. The van der Waals surface area contributed by atoms with Gasteiger partial charge in [0, 0.05) is 0 Å². The smallest absolute Gasteiger partial charge is 0.166 e. The molecule has 0 radical (unpaired) electrons.